The molecule has 0 saturated carbocycles. The van der Waals surface area contributed by atoms with Crippen molar-refractivity contribution in [2.24, 2.45) is 0 Å². The number of allylic oxidation sites excluding steroid dienone is 10. The van der Waals surface area contributed by atoms with Crippen molar-refractivity contribution >= 4 is 11.9 Å². The molecule has 0 aromatic heterocycles. The van der Waals surface area contributed by atoms with Gasteiger partial charge in [0, 0.05) is 19.4 Å². The molecular formula is C59H106O5. The van der Waals surface area contributed by atoms with Crippen LogP contribution in [0.5, 0.6) is 0 Å². The smallest absolute Gasteiger partial charge is 0.306 e. The summed E-state index contributed by atoms with van der Waals surface area (Å²) in [6.07, 6.45) is 69.5. The quantitative estimate of drug-likeness (QED) is 0.0346. The first-order valence-electron chi connectivity index (χ1n) is 27.8. The van der Waals surface area contributed by atoms with Gasteiger partial charge in [0.05, 0.1) is 6.61 Å². The van der Waals surface area contributed by atoms with Crippen LogP contribution in [0.15, 0.2) is 60.8 Å². The van der Waals surface area contributed by atoms with E-state index >= 15 is 0 Å². The lowest BCUT2D eigenvalue weighted by Gasteiger charge is -2.18. The van der Waals surface area contributed by atoms with Gasteiger partial charge in [0.2, 0.25) is 0 Å². The lowest BCUT2D eigenvalue weighted by molar-refractivity contribution is -0.163. The number of carbonyl (C=O) groups excluding carboxylic acids is 2. The molecule has 5 heteroatoms. The number of ether oxygens (including phenoxy) is 3. The molecule has 372 valence electrons. The van der Waals surface area contributed by atoms with E-state index in [9.17, 15) is 9.59 Å². The van der Waals surface area contributed by atoms with Crippen LogP contribution in [0.4, 0.5) is 0 Å². The average Bonchev–Trinajstić information content (AvgIpc) is 3.30. The van der Waals surface area contributed by atoms with Crippen molar-refractivity contribution in [1.29, 1.82) is 0 Å². The van der Waals surface area contributed by atoms with Crippen molar-refractivity contribution in [3.05, 3.63) is 60.8 Å². The second-order valence-corrected chi connectivity index (χ2v) is 18.5. The fourth-order valence-corrected chi connectivity index (χ4v) is 7.84. The van der Waals surface area contributed by atoms with Gasteiger partial charge in [-0.2, -0.15) is 0 Å². The Morgan fingerprint density at radius 2 is 0.656 bits per heavy atom. The molecule has 1 unspecified atom stereocenters. The number of unbranched alkanes of at least 4 members (excludes halogenated alkanes) is 30. The molecule has 0 spiro atoms. The summed E-state index contributed by atoms with van der Waals surface area (Å²) in [5.41, 5.74) is 0. The molecule has 0 N–H and O–H groups in total. The fourth-order valence-electron chi connectivity index (χ4n) is 7.84. The highest BCUT2D eigenvalue weighted by atomic mass is 16.6. The molecule has 0 aliphatic carbocycles. The summed E-state index contributed by atoms with van der Waals surface area (Å²) in [5.74, 6) is -0.407. The first kappa shape index (κ1) is 61.6. The van der Waals surface area contributed by atoms with Gasteiger partial charge in [-0.25, -0.2) is 0 Å². The molecule has 1 atom stereocenters. The van der Waals surface area contributed by atoms with Crippen molar-refractivity contribution < 1.29 is 23.8 Å². The van der Waals surface area contributed by atoms with Gasteiger partial charge in [0.25, 0.3) is 0 Å². The maximum atomic E-state index is 12.8. The normalized spacial score (nSPS) is 12.6. The van der Waals surface area contributed by atoms with Crippen LogP contribution < -0.4 is 0 Å². The molecule has 0 aromatic carbocycles. The van der Waals surface area contributed by atoms with Crippen molar-refractivity contribution in [3.8, 4) is 0 Å². The summed E-state index contributed by atoms with van der Waals surface area (Å²) in [6, 6.07) is 0. The van der Waals surface area contributed by atoms with E-state index in [-0.39, 0.29) is 25.2 Å². The van der Waals surface area contributed by atoms with Gasteiger partial charge in [-0.15, -0.1) is 0 Å². The molecule has 64 heavy (non-hydrogen) atoms. The van der Waals surface area contributed by atoms with Crippen LogP contribution in [0.25, 0.3) is 0 Å². The molecule has 0 heterocycles. The largest absolute Gasteiger partial charge is 0.462 e. The summed E-state index contributed by atoms with van der Waals surface area (Å²) >= 11 is 0. The van der Waals surface area contributed by atoms with Gasteiger partial charge in [-0.1, -0.05) is 236 Å². The molecule has 0 rings (SSSR count). The first-order chi connectivity index (χ1) is 31.6. The highest BCUT2D eigenvalue weighted by Gasteiger charge is 2.17. The lowest BCUT2D eigenvalue weighted by atomic mass is 10.1. The Morgan fingerprint density at radius 3 is 1.08 bits per heavy atom. The molecule has 0 bridgehead atoms. The van der Waals surface area contributed by atoms with Gasteiger partial charge in [-0.3, -0.25) is 9.59 Å². The third-order valence-electron chi connectivity index (χ3n) is 12.0. The standard InChI is InChI=1S/C59H106O5/c1-4-7-10-13-16-19-21-23-25-27-29-31-33-35-37-39-42-45-48-51-54-62-55-57(64-59(61)53-50-47-44-40-18-15-12-9-6-3)56-63-58(60)52-49-46-43-41-38-36-34-32-30-28-26-24-22-20-17-14-11-8-5-2/h16-17,19-20,23-26,30,32,57H,4-15,18,21-22,27-29,31,33-56H2,1-3H3/b19-16-,20-17-,25-23-,26-24-,32-30-. The number of rotatable bonds is 51. The van der Waals surface area contributed by atoms with Crippen molar-refractivity contribution in [1.82, 2.24) is 0 Å². The number of hydrogen-bond acceptors (Lipinski definition) is 5. The van der Waals surface area contributed by atoms with E-state index in [1.54, 1.807) is 0 Å². The topological polar surface area (TPSA) is 61.8 Å². The maximum absolute atomic E-state index is 12.8. The second-order valence-electron chi connectivity index (χ2n) is 18.5. The van der Waals surface area contributed by atoms with E-state index in [1.807, 2.05) is 0 Å². The zero-order valence-electron chi connectivity index (χ0n) is 42.8. The van der Waals surface area contributed by atoms with Gasteiger partial charge in [-0.05, 0) is 89.9 Å². The highest BCUT2D eigenvalue weighted by Crippen LogP contribution is 2.15. The summed E-state index contributed by atoms with van der Waals surface area (Å²) in [4.78, 5) is 25.4. The number of hydrogen-bond donors (Lipinski definition) is 0. The summed E-state index contributed by atoms with van der Waals surface area (Å²) in [7, 11) is 0. The molecule has 0 aliphatic heterocycles. The van der Waals surface area contributed by atoms with Crippen LogP contribution in [-0.4, -0.2) is 37.9 Å². The Kier molecular flexibility index (Phi) is 52.9. The zero-order valence-corrected chi connectivity index (χ0v) is 42.8. The molecule has 0 aliphatic rings. The molecule has 5 nitrogen and oxygen atoms in total. The minimum atomic E-state index is -0.541. The lowest BCUT2D eigenvalue weighted by Crippen LogP contribution is -2.30. The van der Waals surface area contributed by atoms with E-state index in [2.05, 4.69) is 81.5 Å². The molecule has 0 radical (unpaired) electrons. The van der Waals surface area contributed by atoms with Crippen LogP contribution in [0.1, 0.15) is 278 Å². The van der Waals surface area contributed by atoms with Crippen molar-refractivity contribution in [2.75, 3.05) is 19.8 Å². The second kappa shape index (κ2) is 54.9. The summed E-state index contributed by atoms with van der Waals surface area (Å²) in [5, 5.41) is 0. The van der Waals surface area contributed by atoms with Crippen LogP contribution in [0.2, 0.25) is 0 Å². The van der Waals surface area contributed by atoms with Gasteiger partial charge < -0.3 is 14.2 Å². The van der Waals surface area contributed by atoms with E-state index in [0.29, 0.717) is 19.4 Å². The van der Waals surface area contributed by atoms with Gasteiger partial charge in [0.1, 0.15) is 6.61 Å². The van der Waals surface area contributed by atoms with E-state index in [1.165, 1.54) is 173 Å². The SMILES string of the molecule is CCCCC/C=C\C/C=C\C/C=C\CCCCCCCCC(=O)OCC(COCCCCCCCCCCCC/C=C\C/C=C\CCCCC)OC(=O)CCCCCCCCCCC. The van der Waals surface area contributed by atoms with Crippen LogP contribution in [0.3, 0.4) is 0 Å². The molecule has 0 saturated heterocycles. The Bertz CT molecular complexity index is 1100. The predicted molar refractivity (Wildman–Crippen MR) is 279 cm³/mol. The monoisotopic (exact) mass is 895 g/mol. The van der Waals surface area contributed by atoms with E-state index in [4.69, 9.17) is 14.2 Å². The minimum absolute atomic E-state index is 0.0787. The highest BCUT2D eigenvalue weighted by molar-refractivity contribution is 5.70. The number of carbonyl (C=O) groups is 2. The third kappa shape index (κ3) is 52.2. The Morgan fingerprint density at radius 1 is 0.344 bits per heavy atom. The first-order valence-corrected chi connectivity index (χ1v) is 27.8. The van der Waals surface area contributed by atoms with Crippen LogP contribution in [0, 0.1) is 0 Å². The maximum Gasteiger partial charge on any atom is 0.306 e. The fraction of sp³-hybridized carbons (Fsp3) is 0.797. The average molecular weight is 895 g/mol. The summed E-state index contributed by atoms with van der Waals surface area (Å²) in [6.45, 7) is 7.77. The van der Waals surface area contributed by atoms with Crippen LogP contribution >= 0.6 is 0 Å². The van der Waals surface area contributed by atoms with E-state index in [0.717, 1.165) is 70.6 Å². The molecule has 0 fully saturated rings. The Labute approximate surface area is 398 Å². The van der Waals surface area contributed by atoms with Crippen molar-refractivity contribution in [2.45, 2.75) is 284 Å². The predicted octanol–water partition coefficient (Wildman–Crippen LogP) is 18.9. The third-order valence-corrected chi connectivity index (χ3v) is 12.0. The molecular weight excluding hydrogens is 789 g/mol. The van der Waals surface area contributed by atoms with Gasteiger partial charge >= 0.3 is 11.9 Å². The summed E-state index contributed by atoms with van der Waals surface area (Å²) < 4.78 is 17.4. The Hall–Kier alpha value is -2.40. The van der Waals surface area contributed by atoms with Crippen LogP contribution in [-0.2, 0) is 23.8 Å². The minimum Gasteiger partial charge on any atom is -0.462 e. The Balaban J connectivity index is 4.17. The zero-order chi connectivity index (χ0) is 46.3. The van der Waals surface area contributed by atoms with E-state index < -0.39 is 6.10 Å². The molecule has 0 amide bonds. The molecule has 0 aromatic rings. The van der Waals surface area contributed by atoms with Crippen molar-refractivity contribution in [3.63, 3.8) is 0 Å². The van der Waals surface area contributed by atoms with Gasteiger partial charge in [0.15, 0.2) is 6.10 Å². The number of esters is 2.